The van der Waals surface area contributed by atoms with Crippen LogP contribution in [0, 0.1) is 11.7 Å². The van der Waals surface area contributed by atoms with Crippen LogP contribution in [0.3, 0.4) is 0 Å². The van der Waals surface area contributed by atoms with Crippen molar-refractivity contribution in [2.75, 3.05) is 42.9 Å². The summed E-state index contributed by atoms with van der Waals surface area (Å²) in [5.41, 5.74) is 7.40. The molecule has 0 radical (unpaired) electrons. The van der Waals surface area contributed by atoms with Crippen molar-refractivity contribution >= 4 is 46.8 Å². The summed E-state index contributed by atoms with van der Waals surface area (Å²) in [6.07, 6.45) is 2.68. The van der Waals surface area contributed by atoms with Crippen LogP contribution in [0.25, 0.3) is 0 Å². The lowest BCUT2D eigenvalue weighted by atomic mass is 9.88. The summed E-state index contributed by atoms with van der Waals surface area (Å²) in [5, 5.41) is 14.1. The lowest BCUT2D eigenvalue weighted by molar-refractivity contribution is -0.250. The summed E-state index contributed by atoms with van der Waals surface area (Å²) in [6.45, 7) is 4.06. The summed E-state index contributed by atoms with van der Waals surface area (Å²) in [6, 6.07) is 8.76. The number of carbonyl (C=O) groups is 5. The van der Waals surface area contributed by atoms with Crippen molar-refractivity contribution in [3.8, 4) is 0 Å². The van der Waals surface area contributed by atoms with E-state index in [9.17, 15) is 29.2 Å². The van der Waals surface area contributed by atoms with Gasteiger partial charge in [0.2, 0.25) is 11.8 Å². The van der Waals surface area contributed by atoms with Crippen molar-refractivity contribution in [3.63, 3.8) is 0 Å². The molecule has 16 nitrogen and oxygen atoms in total. The largest absolute Gasteiger partial charge is 0.371 e. The third-order valence-electron chi connectivity index (χ3n) is 9.66. The fourth-order valence-corrected chi connectivity index (χ4v) is 7.20. The number of fused-ring (bicyclic) bond motifs is 1. The van der Waals surface area contributed by atoms with Gasteiger partial charge in [-0.1, -0.05) is 6.07 Å². The minimum atomic E-state index is -1.03. The highest BCUT2D eigenvalue weighted by molar-refractivity contribution is 6.23. The molecule has 3 aromatic rings. The predicted molar refractivity (Wildman–Crippen MR) is 166 cm³/mol. The van der Waals surface area contributed by atoms with Gasteiger partial charge in [0.1, 0.15) is 11.9 Å². The van der Waals surface area contributed by atoms with Gasteiger partial charge < -0.3 is 26.1 Å². The van der Waals surface area contributed by atoms with Crippen LogP contribution in [-0.2, 0) is 9.59 Å². The second-order valence-electron chi connectivity index (χ2n) is 12.7. The number of amides is 5. The topological polar surface area (TPSA) is 210 Å². The average Bonchev–Trinajstić information content (AvgIpc) is 3.63. The van der Waals surface area contributed by atoms with Gasteiger partial charge in [-0.25, -0.2) is 4.39 Å². The number of benzene rings is 2. The fourth-order valence-electron chi connectivity index (χ4n) is 7.20. The van der Waals surface area contributed by atoms with Crippen molar-refractivity contribution in [1.82, 2.24) is 20.2 Å². The van der Waals surface area contributed by atoms with Crippen LogP contribution in [0.4, 0.5) is 21.6 Å². The SMILES string of the molecule is NC(=O)c1oon(O)oc1Nc1ccc(C2CCN(CC3CCN(c4ccc5c(c4)C(=O)N(C4CCC(=O)NC4=O)C5=O)C3)CC2)c(F)c1. The zero-order valence-electron chi connectivity index (χ0n) is 26.2. The molecular weight excluding hydrogens is 645 g/mol. The van der Waals surface area contributed by atoms with Gasteiger partial charge in [-0.3, -0.25) is 43.3 Å². The quantitative estimate of drug-likeness (QED) is 0.154. The zero-order valence-corrected chi connectivity index (χ0v) is 26.2. The molecule has 4 aliphatic rings. The number of nitrogens with two attached hydrogens (primary N) is 1. The Labute approximate surface area is 277 Å². The molecule has 5 heterocycles. The lowest BCUT2D eigenvalue weighted by Gasteiger charge is -2.34. The van der Waals surface area contributed by atoms with E-state index >= 15 is 4.39 Å². The standard InChI is InChI=1S/C32H34FN7O9/c33-24-13-19(35-30-27(28(34)42)48-49-40(46)47-30)1-3-21(24)18-8-10-37(11-9-18)15-17-7-12-38(16-17)20-2-4-22-23(14-20)32(45)39(31(22)44)25-5-6-26(41)36-29(25)43/h1-4,13-14,17-18,25,35,46H,5-12,15-16H2,(H2,34,42)(H,36,41,43). The minimum Gasteiger partial charge on any atom is -0.371 e. The van der Waals surface area contributed by atoms with E-state index in [-0.39, 0.29) is 46.5 Å². The van der Waals surface area contributed by atoms with Crippen LogP contribution in [0.2, 0.25) is 0 Å². The van der Waals surface area contributed by atoms with E-state index in [1.54, 1.807) is 24.3 Å². The third kappa shape index (κ3) is 6.24. The van der Waals surface area contributed by atoms with Gasteiger partial charge in [0.25, 0.3) is 23.6 Å². The maximum atomic E-state index is 15.2. The Bertz CT molecular complexity index is 1880. The number of halogens is 1. The van der Waals surface area contributed by atoms with E-state index in [4.69, 9.17) is 10.3 Å². The number of nitrogens with zero attached hydrogens (tertiary/aromatic N) is 4. The summed E-state index contributed by atoms with van der Waals surface area (Å²) >= 11 is 0. The first-order valence-electron chi connectivity index (χ1n) is 16.0. The first-order chi connectivity index (χ1) is 23.5. The number of hydrogen-bond donors (Lipinski definition) is 4. The van der Waals surface area contributed by atoms with Crippen LogP contribution >= 0.6 is 0 Å². The molecule has 7 rings (SSSR count). The molecule has 17 heteroatoms. The number of carbonyl (C=O) groups excluding carboxylic acids is 5. The molecule has 49 heavy (non-hydrogen) atoms. The smallest absolute Gasteiger partial charge is 0.308 e. The first kappa shape index (κ1) is 32.0. The Morgan fingerprint density at radius 2 is 1.78 bits per heavy atom. The van der Waals surface area contributed by atoms with E-state index in [2.05, 4.69) is 29.7 Å². The summed E-state index contributed by atoms with van der Waals surface area (Å²) in [7, 11) is 0. The summed E-state index contributed by atoms with van der Waals surface area (Å²) in [4.78, 5) is 67.4. The van der Waals surface area contributed by atoms with E-state index in [1.165, 1.54) is 6.07 Å². The lowest BCUT2D eigenvalue weighted by Crippen LogP contribution is -2.54. The molecule has 0 spiro atoms. The maximum Gasteiger partial charge on any atom is 0.308 e. The number of anilines is 3. The van der Waals surface area contributed by atoms with Crippen molar-refractivity contribution in [2.24, 2.45) is 11.7 Å². The average molecular weight is 680 g/mol. The summed E-state index contributed by atoms with van der Waals surface area (Å²) < 4.78 is 28.8. The molecule has 2 unspecified atom stereocenters. The molecular formula is C32H34FN7O9. The van der Waals surface area contributed by atoms with Gasteiger partial charge in [0.15, 0.2) is 5.08 Å². The van der Waals surface area contributed by atoms with Gasteiger partial charge in [-0.05, 0) is 86.5 Å². The molecule has 2 aromatic carbocycles. The molecule has 3 saturated heterocycles. The van der Waals surface area contributed by atoms with Crippen molar-refractivity contribution in [3.05, 3.63) is 64.7 Å². The Balaban J connectivity index is 0.927. The van der Waals surface area contributed by atoms with E-state index < -0.39 is 47.2 Å². The predicted octanol–water partition coefficient (Wildman–Crippen LogP) is 2.72. The highest BCUT2D eigenvalue weighted by atomic mass is 19.1. The Morgan fingerprint density at radius 1 is 1.00 bits per heavy atom. The van der Waals surface area contributed by atoms with Crippen LogP contribution in [0.1, 0.15) is 74.9 Å². The van der Waals surface area contributed by atoms with E-state index in [1.807, 2.05) is 6.07 Å². The van der Waals surface area contributed by atoms with Crippen LogP contribution in [0.5, 0.6) is 0 Å². The van der Waals surface area contributed by atoms with Crippen LogP contribution in [-0.4, -0.2) is 88.4 Å². The number of rotatable bonds is 8. The third-order valence-corrected chi connectivity index (χ3v) is 9.66. The number of imide groups is 2. The number of aromatic nitrogens is 1. The number of primary amides is 1. The second kappa shape index (κ2) is 12.8. The van der Waals surface area contributed by atoms with Gasteiger partial charge in [-0.2, -0.15) is 0 Å². The summed E-state index contributed by atoms with van der Waals surface area (Å²) in [5.74, 6) is -4.05. The maximum absolute atomic E-state index is 15.2. The number of nitrogens with one attached hydrogen (secondary N) is 2. The molecule has 258 valence electrons. The molecule has 3 fully saturated rings. The highest BCUT2D eigenvalue weighted by Gasteiger charge is 2.45. The molecule has 2 atom stereocenters. The van der Waals surface area contributed by atoms with Crippen molar-refractivity contribution in [1.29, 1.82) is 0 Å². The van der Waals surface area contributed by atoms with E-state index in [0.29, 0.717) is 11.5 Å². The molecule has 1 aromatic heterocycles. The fraction of sp³-hybridized carbons (Fsp3) is 0.406. The Morgan fingerprint density at radius 3 is 2.51 bits per heavy atom. The molecule has 0 saturated carbocycles. The molecule has 0 aliphatic carbocycles. The van der Waals surface area contributed by atoms with Gasteiger partial charge >= 0.3 is 5.76 Å². The van der Waals surface area contributed by atoms with Crippen LogP contribution < -0.4 is 21.3 Å². The van der Waals surface area contributed by atoms with Gasteiger partial charge in [0.05, 0.1) is 11.1 Å². The number of likely N-dealkylation sites (tertiary alicyclic amines) is 1. The number of hydrogen-bond acceptors (Lipinski definition) is 12. The normalized spacial score (nSPS) is 21.7. The van der Waals surface area contributed by atoms with Gasteiger partial charge in [-0.15, -0.1) is 4.68 Å². The molecule has 5 amide bonds. The first-order valence-corrected chi connectivity index (χ1v) is 16.0. The van der Waals surface area contributed by atoms with Crippen molar-refractivity contribution in [2.45, 2.75) is 44.1 Å². The Hall–Kier alpha value is -5.58. The second-order valence-corrected chi connectivity index (χ2v) is 12.7. The zero-order chi connectivity index (χ0) is 34.4. The monoisotopic (exact) mass is 679 g/mol. The number of piperidine rings is 2. The molecule has 5 N–H and O–H groups in total. The molecule has 4 aliphatic heterocycles. The van der Waals surface area contributed by atoms with E-state index in [0.717, 1.165) is 62.6 Å². The molecule has 0 bridgehead atoms. The van der Waals surface area contributed by atoms with Crippen molar-refractivity contribution < 1.29 is 47.4 Å². The van der Waals surface area contributed by atoms with Crippen LogP contribution in [0.15, 0.2) is 50.2 Å². The Kier molecular flexibility index (Phi) is 8.35. The highest BCUT2D eigenvalue weighted by Crippen LogP contribution is 2.35. The minimum absolute atomic E-state index is 0.0211. The van der Waals surface area contributed by atoms with Gasteiger partial charge in [0, 0.05) is 37.4 Å².